The summed E-state index contributed by atoms with van der Waals surface area (Å²) in [5.41, 5.74) is 6.78. The second-order valence-electron chi connectivity index (χ2n) is 4.91. The average Bonchev–Trinajstić information content (AvgIpc) is 3.00. The highest BCUT2D eigenvalue weighted by Gasteiger charge is 2.44. The number of halogens is 1. The lowest BCUT2D eigenvalue weighted by Crippen LogP contribution is -2.32. The van der Waals surface area contributed by atoms with E-state index < -0.39 is 24.5 Å². The van der Waals surface area contributed by atoms with Crippen molar-refractivity contribution in [2.75, 3.05) is 17.2 Å². The Kier molecular flexibility index (Phi) is 4.73. The zero-order chi connectivity index (χ0) is 15.9. The van der Waals surface area contributed by atoms with Crippen molar-refractivity contribution in [3.05, 3.63) is 10.2 Å². The molecule has 3 heterocycles. The molecule has 0 spiro atoms. The van der Waals surface area contributed by atoms with Crippen LogP contribution in [0.5, 0.6) is 0 Å². The number of hydrogen-bond acceptors (Lipinski definition) is 8. The standard InChI is InChI=1S/C12H16IN5O3S/c1-2-22-3-5-7(19)8(20)11(21-5)18-4-15-6-9(14)16-12(13)17-10(6)18/h4-5,7-8,11,19-20H,2-3H2,1H3,(H2,14,16,17)/t5-,7-,8-,11-/m1/s1. The van der Waals surface area contributed by atoms with Crippen molar-refractivity contribution in [1.29, 1.82) is 0 Å². The molecule has 2 aromatic rings. The molecule has 120 valence electrons. The van der Waals surface area contributed by atoms with E-state index in [9.17, 15) is 10.2 Å². The van der Waals surface area contributed by atoms with Crippen molar-refractivity contribution in [1.82, 2.24) is 19.5 Å². The van der Waals surface area contributed by atoms with Crippen LogP contribution in [0.3, 0.4) is 0 Å². The Hall–Kier alpha value is -0.690. The number of imidazole rings is 1. The molecule has 10 heteroatoms. The fourth-order valence-corrected chi connectivity index (χ4v) is 3.66. The summed E-state index contributed by atoms with van der Waals surface area (Å²) in [7, 11) is 0. The molecule has 0 aliphatic carbocycles. The summed E-state index contributed by atoms with van der Waals surface area (Å²) in [4.78, 5) is 12.5. The molecule has 0 amide bonds. The van der Waals surface area contributed by atoms with Gasteiger partial charge in [-0.05, 0) is 5.75 Å². The first-order chi connectivity index (χ1) is 10.5. The van der Waals surface area contributed by atoms with E-state index in [1.54, 1.807) is 16.3 Å². The number of hydrogen-bond donors (Lipinski definition) is 3. The Labute approximate surface area is 144 Å². The van der Waals surface area contributed by atoms with Crippen LogP contribution < -0.4 is 5.73 Å². The van der Waals surface area contributed by atoms with Gasteiger partial charge < -0.3 is 20.7 Å². The summed E-state index contributed by atoms with van der Waals surface area (Å²) in [5.74, 6) is 1.81. The molecule has 0 bridgehead atoms. The number of ether oxygens (including phenoxy) is 1. The Bertz CT molecular complexity index is 684. The van der Waals surface area contributed by atoms with Gasteiger partial charge in [-0.15, -0.1) is 0 Å². The first-order valence-corrected chi connectivity index (χ1v) is 9.01. The van der Waals surface area contributed by atoms with Gasteiger partial charge in [-0.25, -0.2) is 15.0 Å². The third-order valence-electron chi connectivity index (χ3n) is 3.52. The first kappa shape index (κ1) is 16.2. The van der Waals surface area contributed by atoms with E-state index in [1.165, 1.54) is 6.33 Å². The molecule has 22 heavy (non-hydrogen) atoms. The van der Waals surface area contributed by atoms with E-state index >= 15 is 0 Å². The maximum atomic E-state index is 10.3. The van der Waals surface area contributed by atoms with Gasteiger partial charge in [-0.3, -0.25) is 4.57 Å². The highest BCUT2D eigenvalue weighted by atomic mass is 127. The van der Waals surface area contributed by atoms with E-state index in [0.29, 0.717) is 20.7 Å². The molecule has 0 unspecified atom stereocenters. The van der Waals surface area contributed by atoms with Crippen molar-refractivity contribution in [2.45, 2.75) is 31.5 Å². The molecule has 1 fully saturated rings. The van der Waals surface area contributed by atoms with Crippen molar-refractivity contribution < 1.29 is 14.9 Å². The second kappa shape index (κ2) is 6.43. The Morgan fingerprint density at radius 1 is 1.41 bits per heavy atom. The number of aliphatic hydroxyl groups is 2. The fourth-order valence-electron chi connectivity index (χ4n) is 2.43. The van der Waals surface area contributed by atoms with Crippen LogP contribution in [0.1, 0.15) is 13.2 Å². The number of anilines is 1. The van der Waals surface area contributed by atoms with Crippen LogP contribution in [0, 0.1) is 3.83 Å². The summed E-state index contributed by atoms with van der Waals surface area (Å²) in [6.45, 7) is 2.03. The van der Waals surface area contributed by atoms with Gasteiger partial charge in [0, 0.05) is 28.3 Å². The monoisotopic (exact) mass is 437 g/mol. The molecule has 1 saturated heterocycles. The number of aliphatic hydroxyl groups excluding tert-OH is 2. The van der Waals surface area contributed by atoms with E-state index in [4.69, 9.17) is 10.5 Å². The van der Waals surface area contributed by atoms with Crippen LogP contribution in [0.4, 0.5) is 5.82 Å². The molecule has 0 aromatic carbocycles. The van der Waals surface area contributed by atoms with Gasteiger partial charge in [0.25, 0.3) is 0 Å². The minimum Gasteiger partial charge on any atom is -0.387 e. The molecule has 0 radical (unpaired) electrons. The minimum atomic E-state index is -1.05. The quantitative estimate of drug-likeness (QED) is 0.464. The summed E-state index contributed by atoms with van der Waals surface area (Å²) < 4.78 is 7.90. The van der Waals surface area contributed by atoms with Gasteiger partial charge in [0.05, 0.1) is 12.4 Å². The lowest BCUT2D eigenvalue weighted by Gasteiger charge is -2.16. The Balaban J connectivity index is 1.94. The van der Waals surface area contributed by atoms with Crippen molar-refractivity contribution >= 4 is 51.3 Å². The summed E-state index contributed by atoms with van der Waals surface area (Å²) in [5, 5.41) is 20.4. The third-order valence-corrected chi connectivity index (χ3v) is 4.97. The molecular formula is C12H16IN5O3S. The lowest BCUT2D eigenvalue weighted by molar-refractivity contribution is -0.0289. The van der Waals surface area contributed by atoms with Crippen LogP contribution in [-0.4, -0.2) is 59.5 Å². The lowest BCUT2D eigenvalue weighted by atomic mass is 10.1. The normalized spacial score (nSPS) is 28.5. The molecule has 3 rings (SSSR count). The van der Waals surface area contributed by atoms with Crippen molar-refractivity contribution in [2.24, 2.45) is 0 Å². The number of thioether (sulfide) groups is 1. The predicted molar refractivity (Wildman–Crippen MR) is 91.4 cm³/mol. The van der Waals surface area contributed by atoms with Gasteiger partial charge >= 0.3 is 0 Å². The molecular weight excluding hydrogens is 421 g/mol. The third kappa shape index (κ3) is 2.77. The minimum absolute atomic E-state index is 0.277. The Morgan fingerprint density at radius 3 is 2.91 bits per heavy atom. The maximum absolute atomic E-state index is 10.3. The van der Waals surface area contributed by atoms with Gasteiger partial charge in [-0.1, -0.05) is 6.92 Å². The maximum Gasteiger partial charge on any atom is 0.194 e. The molecule has 0 saturated carbocycles. The summed E-state index contributed by atoms with van der Waals surface area (Å²) >= 11 is 3.61. The molecule has 2 aromatic heterocycles. The van der Waals surface area contributed by atoms with Crippen LogP contribution in [-0.2, 0) is 4.74 Å². The largest absolute Gasteiger partial charge is 0.387 e. The summed E-state index contributed by atoms with van der Waals surface area (Å²) in [6.07, 6.45) is -1.66. The SMILES string of the molecule is CCSC[C@H]1O[C@@H](n2cnc3c(N)nc(I)nc32)[C@H](O)[C@@H]1O. The molecule has 1 aliphatic rings. The van der Waals surface area contributed by atoms with Gasteiger partial charge in [0.15, 0.2) is 21.5 Å². The van der Waals surface area contributed by atoms with Crippen LogP contribution in [0.2, 0.25) is 0 Å². The number of nitrogens with two attached hydrogens (primary N) is 1. The molecule has 4 N–H and O–H groups in total. The second-order valence-corrected chi connectivity index (χ2v) is 7.19. The molecule has 4 atom stereocenters. The predicted octanol–water partition coefficient (Wildman–Crippen LogP) is 0.385. The molecule has 8 nitrogen and oxygen atoms in total. The van der Waals surface area contributed by atoms with Gasteiger partial charge in [0.1, 0.15) is 17.7 Å². The van der Waals surface area contributed by atoms with Crippen LogP contribution in [0.25, 0.3) is 11.2 Å². The van der Waals surface area contributed by atoms with Crippen LogP contribution in [0.15, 0.2) is 6.33 Å². The van der Waals surface area contributed by atoms with Gasteiger partial charge in [-0.2, -0.15) is 11.8 Å². The highest BCUT2D eigenvalue weighted by Crippen LogP contribution is 2.33. The van der Waals surface area contributed by atoms with E-state index in [2.05, 4.69) is 15.0 Å². The van der Waals surface area contributed by atoms with Gasteiger partial charge in [0.2, 0.25) is 0 Å². The van der Waals surface area contributed by atoms with Crippen LogP contribution >= 0.6 is 34.4 Å². The Morgan fingerprint density at radius 2 is 2.18 bits per heavy atom. The number of nitrogens with zero attached hydrogens (tertiary/aromatic N) is 4. The van der Waals surface area contributed by atoms with Crippen molar-refractivity contribution in [3.63, 3.8) is 0 Å². The van der Waals surface area contributed by atoms with Crippen molar-refractivity contribution in [3.8, 4) is 0 Å². The number of nitrogen functional groups attached to an aromatic ring is 1. The zero-order valence-electron chi connectivity index (χ0n) is 11.8. The highest BCUT2D eigenvalue weighted by molar-refractivity contribution is 14.1. The number of rotatable bonds is 4. The summed E-state index contributed by atoms with van der Waals surface area (Å²) in [6, 6.07) is 0. The first-order valence-electron chi connectivity index (χ1n) is 6.77. The van der Waals surface area contributed by atoms with E-state index in [1.807, 2.05) is 29.5 Å². The number of fused-ring (bicyclic) bond motifs is 1. The number of aromatic nitrogens is 4. The topological polar surface area (TPSA) is 119 Å². The zero-order valence-corrected chi connectivity index (χ0v) is 14.7. The average molecular weight is 437 g/mol. The fraction of sp³-hybridized carbons (Fsp3) is 0.583. The smallest absolute Gasteiger partial charge is 0.194 e. The van der Waals surface area contributed by atoms with E-state index in [-0.39, 0.29) is 5.82 Å². The molecule has 1 aliphatic heterocycles. The van der Waals surface area contributed by atoms with E-state index in [0.717, 1.165) is 5.75 Å².